The molecular formula is C42H38O6Si4. The molecule has 0 spiro atoms. The molecule has 0 saturated carbocycles. The van der Waals surface area contributed by atoms with E-state index in [0.29, 0.717) is 36.3 Å². The summed E-state index contributed by atoms with van der Waals surface area (Å²) < 4.78 is 22.2. The molecule has 0 unspecified atom stereocenters. The Morgan fingerprint density at radius 2 is 0.385 bits per heavy atom. The molecule has 7 rings (SSSR count). The Kier molecular flexibility index (Phi) is 10.5. The molecule has 0 fully saturated rings. The summed E-state index contributed by atoms with van der Waals surface area (Å²) in [6.07, 6.45) is 0. The van der Waals surface area contributed by atoms with Crippen LogP contribution in [0.5, 0.6) is 0 Å². The summed E-state index contributed by atoms with van der Waals surface area (Å²) in [6.45, 7) is 0. The third-order valence-corrected chi connectivity index (χ3v) is 23.5. The Bertz CT molecular complexity index is 1810. The molecule has 7 aromatic carbocycles. The summed E-state index contributed by atoms with van der Waals surface area (Å²) >= 11 is 0. The molecule has 0 saturated heterocycles. The Labute approximate surface area is 308 Å². The summed E-state index contributed by atoms with van der Waals surface area (Å²) in [5, 5.41) is 3.78. The number of hydrogen-bond donors (Lipinski definition) is 3. The van der Waals surface area contributed by atoms with Gasteiger partial charge in [-0.3, -0.25) is 0 Å². The van der Waals surface area contributed by atoms with Crippen LogP contribution in [0.25, 0.3) is 0 Å². The smallest absolute Gasteiger partial charge is 0.404 e. The first-order valence-electron chi connectivity index (χ1n) is 17.0. The van der Waals surface area contributed by atoms with E-state index in [1.165, 1.54) is 0 Å². The van der Waals surface area contributed by atoms with Gasteiger partial charge < -0.3 is 26.7 Å². The van der Waals surface area contributed by atoms with Gasteiger partial charge >= 0.3 is 34.5 Å². The highest BCUT2D eigenvalue weighted by Gasteiger charge is 2.63. The minimum absolute atomic E-state index is 0.475. The van der Waals surface area contributed by atoms with Crippen LogP contribution >= 0.6 is 0 Å². The highest BCUT2D eigenvalue weighted by atomic mass is 28.5. The van der Waals surface area contributed by atoms with E-state index >= 15 is 0 Å². The van der Waals surface area contributed by atoms with Crippen LogP contribution in [0.4, 0.5) is 0 Å². The van der Waals surface area contributed by atoms with Gasteiger partial charge in [-0.05, 0) is 31.1 Å². The monoisotopic (exact) mass is 750 g/mol. The van der Waals surface area contributed by atoms with Gasteiger partial charge in [-0.15, -0.1) is 0 Å². The zero-order valence-electron chi connectivity index (χ0n) is 28.3. The van der Waals surface area contributed by atoms with Crippen molar-refractivity contribution in [1.82, 2.24) is 0 Å². The fourth-order valence-electron chi connectivity index (χ4n) is 6.30. The van der Waals surface area contributed by atoms with Crippen LogP contribution in [0.1, 0.15) is 0 Å². The van der Waals surface area contributed by atoms with Gasteiger partial charge in [-0.1, -0.05) is 212 Å². The lowest BCUT2D eigenvalue weighted by atomic mass is 10.4. The molecule has 258 valence electrons. The molecule has 0 aliphatic rings. The molecule has 0 aliphatic heterocycles. The van der Waals surface area contributed by atoms with Gasteiger partial charge in [-0.25, -0.2) is 0 Å². The Morgan fingerprint density at radius 1 is 0.231 bits per heavy atom. The second-order valence-electron chi connectivity index (χ2n) is 12.4. The van der Waals surface area contributed by atoms with Crippen LogP contribution in [0.2, 0.25) is 0 Å². The first-order chi connectivity index (χ1) is 25.4. The van der Waals surface area contributed by atoms with Gasteiger partial charge in [-0.2, -0.15) is 0 Å². The van der Waals surface area contributed by atoms with E-state index < -0.39 is 34.5 Å². The van der Waals surface area contributed by atoms with Crippen molar-refractivity contribution in [2.75, 3.05) is 0 Å². The van der Waals surface area contributed by atoms with E-state index in [-0.39, 0.29) is 0 Å². The van der Waals surface area contributed by atoms with E-state index in [1.54, 1.807) is 0 Å². The van der Waals surface area contributed by atoms with E-state index in [1.807, 2.05) is 212 Å². The fourth-order valence-corrected chi connectivity index (χ4v) is 22.3. The number of rotatable bonds is 13. The average molecular weight is 751 g/mol. The predicted octanol–water partition coefficient (Wildman–Crippen LogP) is 2.63. The SMILES string of the molecule is O[Si](O[Si](O[Si](O)(c1ccccc1)c1ccccc1)(O[Si](O)(c1ccccc1)c1ccccc1)c1ccccc1)(c1ccccc1)c1ccccc1. The molecule has 0 heterocycles. The molecular weight excluding hydrogens is 713 g/mol. The van der Waals surface area contributed by atoms with Crippen molar-refractivity contribution in [2.45, 2.75) is 0 Å². The first-order valence-corrected chi connectivity index (χ1v) is 24.3. The lowest BCUT2D eigenvalue weighted by Gasteiger charge is -2.44. The first kappa shape index (κ1) is 35.6. The topological polar surface area (TPSA) is 88.4 Å². The van der Waals surface area contributed by atoms with Crippen molar-refractivity contribution in [2.24, 2.45) is 0 Å². The lowest BCUT2D eigenvalue weighted by molar-refractivity contribution is 0.215. The highest BCUT2D eigenvalue weighted by molar-refractivity contribution is 7.06. The summed E-state index contributed by atoms with van der Waals surface area (Å²) in [5.41, 5.74) is 0. The van der Waals surface area contributed by atoms with Crippen molar-refractivity contribution in [3.63, 3.8) is 0 Å². The largest absolute Gasteiger partial charge is 0.511 e. The van der Waals surface area contributed by atoms with Crippen LogP contribution < -0.4 is 36.3 Å². The normalized spacial score (nSPS) is 12.4. The van der Waals surface area contributed by atoms with Crippen LogP contribution in [-0.2, 0) is 12.3 Å². The van der Waals surface area contributed by atoms with E-state index in [4.69, 9.17) is 12.3 Å². The average Bonchev–Trinajstić information content (AvgIpc) is 3.23. The van der Waals surface area contributed by atoms with E-state index in [9.17, 15) is 14.4 Å². The zero-order chi connectivity index (χ0) is 35.9. The maximum atomic E-state index is 13.3. The summed E-state index contributed by atoms with van der Waals surface area (Å²) in [7, 11) is -17.6. The standard InChI is InChI=1S/C42H38O6Si4/c43-49(36-22-8-1-9-23-36,37-24-10-2-11-25-37)46-52(42-34-20-7-21-35-42,47-50(44,38-26-12-3-13-27-38)39-28-14-4-15-29-39)48-51(45,40-30-16-5-17-31-40)41-32-18-6-19-33-41/h1-35,43-45H. The highest BCUT2D eigenvalue weighted by Crippen LogP contribution is 2.25. The number of hydrogen-bond acceptors (Lipinski definition) is 6. The van der Waals surface area contributed by atoms with Gasteiger partial charge in [0.05, 0.1) is 0 Å². The molecule has 10 heteroatoms. The van der Waals surface area contributed by atoms with Crippen molar-refractivity contribution < 1.29 is 26.7 Å². The van der Waals surface area contributed by atoms with Gasteiger partial charge in [0, 0.05) is 5.19 Å². The maximum Gasteiger partial charge on any atom is 0.511 e. The van der Waals surface area contributed by atoms with Gasteiger partial charge in [0.1, 0.15) is 0 Å². The lowest BCUT2D eigenvalue weighted by Crippen LogP contribution is -2.80. The van der Waals surface area contributed by atoms with E-state index in [2.05, 4.69) is 0 Å². The van der Waals surface area contributed by atoms with E-state index in [0.717, 1.165) is 0 Å². The Balaban J connectivity index is 1.56. The van der Waals surface area contributed by atoms with Crippen molar-refractivity contribution >= 4 is 70.8 Å². The minimum atomic E-state index is -4.74. The molecule has 6 nitrogen and oxygen atoms in total. The Hall–Kier alpha value is -4.83. The molecule has 0 bridgehead atoms. The second-order valence-corrected chi connectivity index (χ2v) is 23.8. The fraction of sp³-hybridized carbons (Fsp3) is 0. The van der Waals surface area contributed by atoms with Gasteiger partial charge in [0.2, 0.25) is 0 Å². The summed E-state index contributed by atoms with van der Waals surface area (Å²) in [5.74, 6) is 0. The molecule has 0 aromatic heterocycles. The van der Waals surface area contributed by atoms with Crippen molar-refractivity contribution in [1.29, 1.82) is 0 Å². The maximum absolute atomic E-state index is 13.3. The summed E-state index contributed by atoms with van der Waals surface area (Å²) in [4.78, 5) is 39.9. The molecule has 0 amide bonds. The molecule has 7 aromatic rings. The number of benzene rings is 7. The zero-order valence-corrected chi connectivity index (χ0v) is 32.3. The molecule has 0 aliphatic carbocycles. The minimum Gasteiger partial charge on any atom is -0.404 e. The quantitative estimate of drug-likeness (QED) is 0.157. The third-order valence-electron chi connectivity index (χ3n) is 8.96. The molecule has 0 atom stereocenters. The summed E-state index contributed by atoms with van der Waals surface area (Å²) in [6, 6.07) is 64.7. The molecule has 3 N–H and O–H groups in total. The third kappa shape index (κ3) is 7.13. The molecule has 52 heavy (non-hydrogen) atoms. The van der Waals surface area contributed by atoms with Crippen LogP contribution in [-0.4, -0.2) is 48.9 Å². The second kappa shape index (κ2) is 15.4. The van der Waals surface area contributed by atoms with Crippen LogP contribution in [0, 0.1) is 0 Å². The molecule has 0 radical (unpaired) electrons. The van der Waals surface area contributed by atoms with Crippen LogP contribution in [0.3, 0.4) is 0 Å². The van der Waals surface area contributed by atoms with Crippen molar-refractivity contribution in [3.8, 4) is 0 Å². The van der Waals surface area contributed by atoms with Gasteiger partial charge in [0.25, 0.3) is 0 Å². The van der Waals surface area contributed by atoms with Crippen molar-refractivity contribution in [3.05, 3.63) is 212 Å². The predicted molar refractivity (Wildman–Crippen MR) is 215 cm³/mol. The van der Waals surface area contributed by atoms with Gasteiger partial charge in [0.15, 0.2) is 0 Å². The Morgan fingerprint density at radius 3 is 0.558 bits per heavy atom. The van der Waals surface area contributed by atoms with Crippen LogP contribution in [0.15, 0.2) is 212 Å².